The Morgan fingerprint density at radius 1 is 0.769 bits per heavy atom. The second-order valence-corrected chi connectivity index (χ2v) is 2.15. The zero-order valence-electron chi connectivity index (χ0n) is 8.45. The third kappa shape index (κ3) is 58.4. The van der Waals surface area contributed by atoms with Crippen molar-refractivity contribution in [2.75, 3.05) is 13.2 Å². The molecular formula is C8H22Br2O2Ti. The Hall–Kier alpha value is 1.59. The van der Waals surface area contributed by atoms with Crippen LogP contribution in [0.15, 0.2) is 0 Å². The van der Waals surface area contributed by atoms with Crippen molar-refractivity contribution in [3.8, 4) is 0 Å². The van der Waals surface area contributed by atoms with Gasteiger partial charge in [0.1, 0.15) is 0 Å². The molecule has 0 rings (SSSR count). The molecule has 0 aromatic heterocycles. The summed E-state index contributed by atoms with van der Waals surface area (Å²) in [5, 5.41) is 16.1. The molecule has 0 unspecified atom stereocenters. The van der Waals surface area contributed by atoms with Crippen LogP contribution in [0.1, 0.15) is 39.5 Å². The van der Waals surface area contributed by atoms with Crippen molar-refractivity contribution in [2.45, 2.75) is 39.5 Å². The van der Waals surface area contributed by atoms with E-state index in [-0.39, 0.29) is 55.7 Å². The van der Waals surface area contributed by atoms with Gasteiger partial charge in [-0.3, -0.25) is 0 Å². The van der Waals surface area contributed by atoms with Crippen molar-refractivity contribution in [1.29, 1.82) is 0 Å². The molecule has 0 aliphatic rings. The second kappa shape index (κ2) is 37.4. The van der Waals surface area contributed by atoms with Gasteiger partial charge in [0.2, 0.25) is 0 Å². The van der Waals surface area contributed by atoms with E-state index in [1.54, 1.807) is 0 Å². The minimum absolute atomic E-state index is 0. The number of unbranched alkanes of at least 4 members (excludes halogenated alkanes) is 2. The first-order valence-electron chi connectivity index (χ1n) is 4.05. The first kappa shape index (κ1) is 29.3. The Labute approximate surface area is 118 Å². The molecule has 84 valence electrons. The van der Waals surface area contributed by atoms with E-state index in [0.717, 1.165) is 25.7 Å². The minimum atomic E-state index is 0. The van der Waals surface area contributed by atoms with Gasteiger partial charge in [0.15, 0.2) is 0 Å². The number of hydrogen-bond acceptors (Lipinski definition) is 2. The van der Waals surface area contributed by atoms with Crippen molar-refractivity contribution in [3.63, 3.8) is 0 Å². The van der Waals surface area contributed by atoms with E-state index < -0.39 is 0 Å². The molecule has 0 heterocycles. The van der Waals surface area contributed by atoms with Crippen LogP contribution in [0.5, 0.6) is 0 Å². The Bertz CT molecular complexity index is 41.1. The van der Waals surface area contributed by atoms with Crippen LogP contribution in [-0.4, -0.2) is 23.4 Å². The normalized spacial score (nSPS) is 6.46. The Morgan fingerprint density at radius 3 is 1.00 bits per heavy atom. The average molecular weight is 358 g/mol. The van der Waals surface area contributed by atoms with E-state index in [2.05, 4.69) is 13.8 Å². The van der Waals surface area contributed by atoms with Crippen LogP contribution in [0.2, 0.25) is 0 Å². The van der Waals surface area contributed by atoms with E-state index in [9.17, 15) is 0 Å². The Morgan fingerprint density at radius 2 is 1.00 bits per heavy atom. The maximum Gasteiger partial charge on any atom is 0.0430 e. The van der Waals surface area contributed by atoms with Gasteiger partial charge >= 0.3 is 0 Å². The smallest absolute Gasteiger partial charge is 0.0430 e. The van der Waals surface area contributed by atoms with Crippen molar-refractivity contribution >= 4 is 34.0 Å². The largest absolute Gasteiger partial charge is 0.396 e. The fourth-order valence-electron chi connectivity index (χ4n) is 0.316. The van der Waals surface area contributed by atoms with Crippen molar-refractivity contribution in [2.24, 2.45) is 0 Å². The maximum absolute atomic E-state index is 8.07. The van der Waals surface area contributed by atoms with Crippen LogP contribution in [0.25, 0.3) is 0 Å². The molecule has 5 heteroatoms. The number of aliphatic hydroxyl groups excluding tert-OH is 2. The molecule has 0 radical (unpaired) electrons. The molecule has 0 bridgehead atoms. The molecule has 2 N–H and O–H groups in total. The Kier molecular flexibility index (Phi) is 84.3. The molecule has 0 aliphatic carbocycles. The number of rotatable bonds is 4. The monoisotopic (exact) mass is 356 g/mol. The molecule has 0 saturated heterocycles. The SMILES string of the molecule is Br.Br.CCCCO.CCCCO.[Ti]. The molecule has 13 heavy (non-hydrogen) atoms. The first-order valence-corrected chi connectivity index (χ1v) is 4.05. The molecule has 0 fully saturated rings. The summed E-state index contributed by atoms with van der Waals surface area (Å²) in [6.07, 6.45) is 4.08. The van der Waals surface area contributed by atoms with Crippen molar-refractivity contribution in [3.05, 3.63) is 0 Å². The molecule has 0 saturated carbocycles. The van der Waals surface area contributed by atoms with Crippen LogP contribution < -0.4 is 0 Å². The summed E-state index contributed by atoms with van der Waals surface area (Å²) in [5.74, 6) is 0. The van der Waals surface area contributed by atoms with Gasteiger partial charge in [-0.2, -0.15) is 0 Å². The zero-order valence-corrected chi connectivity index (χ0v) is 13.4. The quantitative estimate of drug-likeness (QED) is 0.759. The zero-order chi connectivity index (χ0) is 8.24. The first-order chi connectivity index (χ1) is 4.83. The predicted octanol–water partition coefficient (Wildman–Crippen LogP) is 2.71. The molecule has 0 aromatic carbocycles. The number of halogens is 2. The van der Waals surface area contributed by atoms with Gasteiger partial charge in [-0.15, -0.1) is 34.0 Å². The average Bonchev–Trinajstić information content (AvgIpc) is 1.93. The number of aliphatic hydroxyl groups is 2. The van der Waals surface area contributed by atoms with Crippen LogP contribution in [0, 0.1) is 0 Å². The molecule has 0 aliphatic heterocycles. The van der Waals surface area contributed by atoms with E-state index in [0.29, 0.717) is 13.2 Å². The van der Waals surface area contributed by atoms with Gasteiger partial charge in [-0.1, -0.05) is 26.7 Å². The summed E-state index contributed by atoms with van der Waals surface area (Å²) < 4.78 is 0. The van der Waals surface area contributed by atoms with Crippen molar-refractivity contribution in [1.82, 2.24) is 0 Å². The summed E-state index contributed by atoms with van der Waals surface area (Å²) in [6, 6.07) is 0. The number of hydrogen-bond donors (Lipinski definition) is 2. The summed E-state index contributed by atoms with van der Waals surface area (Å²) in [7, 11) is 0. The third-order valence-electron chi connectivity index (χ3n) is 1.02. The molecule has 0 amide bonds. The maximum atomic E-state index is 8.07. The summed E-state index contributed by atoms with van der Waals surface area (Å²) >= 11 is 0. The van der Waals surface area contributed by atoms with Gasteiger partial charge in [-0.05, 0) is 12.8 Å². The van der Waals surface area contributed by atoms with Gasteiger partial charge in [0.25, 0.3) is 0 Å². The van der Waals surface area contributed by atoms with Crippen molar-refractivity contribution < 1.29 is 31.9 Å². The summed E-state index contributed by atoms with van der Waals surface area (Å²) in [6.45, 7) is 4.79. The molecule has 0 spiro atoms. The van der Waals surface area contributed by atoms with E-state index >= 15 is 0 Å². The topological polar surface area (TPSA) is 40.5 Å². The Balaban J connectivity index is -0.0000000267. The van der Waals surface area contributed by atoms with E-state index in [1.165, 1.54) is 0 Å². The summed E-state index contributed by atoms with van der Waals surface area (Å²) in [4.78, 5) is 0. The molecule has 0 aromatic rings. The van der Waals surface area contributed by atoms with Gasteiger partial charge < -0.3 is 10.2 Å². The fourth-order valence-corrected chi connectivity index (χ4v) is 0.316. The molecule has 2 nitrogen and oxygen atoms in total. The van der Waals surface area contributed by atoms with Gasteiger partial charge in [0, 0.05) is 34.9 Å². The van der Waals surface area contributed by atoms with Gasteiger partial charge in [0.05, 0.1) is 0 Å². The standard InChI is InChI=1S/2C4H10O.2BrH.Ti/c2*1-2-3-4-5;;;/h2*5H,2-4H2,1H3;2*1H;. The van der Waals surface area contributed by atoms with Crippen LogP contribution >= 0.6 is 34.0 Å². The fraction of sp³-hybridized carbons (Fsp3) is 1.00. The molecule has 0 atom stereocenters. The van der Waals surface area contributed by atoms with Gasteiger partial charge in [-0.25, -0.2) is 0 Å². The van der Waals surface area contributed by atoms with E-state index in [1.807, 2.05) is 0 Å². The predicted molar refractivity (Wildman–Crippen MR) is 64.6 cm³/mol. The van der Waals surface area contributed by atoms with E-state index in [4.69, 9.17) is 10.2 Å². The molecular weight excluding hydrogens is 336 g/mol. The minimum Gasteiger partial charge on any atom is -0.396 e. The van der Waals surface area contributed by atoms with Crippen LogP contribution in [0.3, 0.4) is 0 Å². The third-order valence-corrected chi connectivity index (χ3v) is 1.02. The summed E-state index contributed by atoms with van der Waals surface area (Å²) in [5.41, 5.74) is 0. The van der Waals surface area contributed by atoms with Crippen LogP contribution in [0.4, 0.5) is 0 Å². The second-order valence-electron chi connectivity index (χ2n) is 2.15. The van der Waals surface area contributed by atoms with Crippen LogP contribution in [-0.2, 0) is 21.7 Å².